The van der Waals surface area contributed by atoms with E-state index < -0.39 is 5.38 Å². The van der Waals surface area contributed by atoms with Crippen LogP contribution in [0.5, 0.6) is 5.75 Å². The molecule has 0 bridgehead atoms. The van der Waals surface area contributed by atoms with Crippen molar-refractivity contribution in [3.8, 4) is 5.75 Å². The fraction of sp³-hybridized carbons (Fsp3) is 0.316. The number of carbonyl (C=O) groups excluding carboxylic acids is 1. The van der Waals surface area contributed by atoms with Crippen molar-refractivity contribution >= 4 is 29.3 Å². The molecule has 0 spiro atoms. The van der Waals surface area contributed by atoms with Gasteiger partial charge in [0, 0.05) is 12.3 Å². The first-order chi connectivity index (χ1) is 11.6. The highest BCUT2D eigenvalue weighted by molar-refractivity contribution is 7.99. The molecule has 0 aliphatic carbocycles. The first-order valence-corrected chi connectivity index (χ1v) is 9.46. The van der Waals surface area contributed by atoms with E-state index in [0.29, 0.717) is 6.61 Å². The summed E-state index contributed by atoms with van der Waals surface area (Å²) in [6.45, 7) is 2.99. The van der Waals surface area contributed by atoms with Crippen LogP contribution in [0.4, 0.5) is 0 Å². The molecule has 3 rings (SSSR count). The second-order valence-corrected chi connectivity index (χ2v) is 7.56. The lowest BCUT2D eigenvalue weighted by atomic mass is 10.2. The summed E-state index contributed by atoms with van der Waals surface area (Å²) < 4.78 is 5.90. The Kier molecular flexibility index (Phi) is 5.69. The van der Waals surface area contributed by atoms with Crippen LogP contribution in [-0.2, 0) is 11.4 Å². The summed E-state index contributed by atoms with van der Waals surface area (Å²) in [6.07, 6.45) is 0. The Hall–Kier alpha value is -1.65. The molecule has 2 aromatic carbocycles. The molecule has 1 fully saturated rings. The van der Waals surface area contributed by atoms with E-state index in [1.54, 1.807) is 18.7 Å². The number of ether oxygens (including phenoxy) is 1. The molecule has 5 heteroatoms. The molecule has 1 amide bonds. The molecule has 3 nitrogen and oxygen atoms in total. The smallest absolute Gasteiger partial charge is 0.241 e. The molecule has 0 N–H and O–H groups in total. The summed E-state index contributed by atoms with van der Waals surface area (Å²) in [5.41, 5.74) is 2.21. The monoisotopic (exact) mass is 361 g/mol. The van der Waals surface area contributed by atoms with E-state index in [4.69, 9.17) is 16.3 Å². The molecule has 126 valence electrons. The average molecular weight is 362 g/mol. The van der Waals surface area contributed by atoms with Gasteiger partial charge in [0.25, 0.3) is 0 Å². The van der Waals surface area contributed by atoms with E-state index in [9.17, 15) is 4.79 Å². The number of benzene rings is 2. The van der Waals surface area contributed by atoms with Gasteiger partial charge in [-0.1, -0.05) is 42.5 Å². The molecule has 0 saturated carbocycles. The minimum Gasteiger partial charge on any atom is -0.489 e. The van der Waals surface area contributed by atoms with Crippen molar-refractivity contribution in [3.63, 3.8) is 0 Å². The Bertz CT molecular complexity index is 693. The molecule has 24 heavy (non-hydrogen) atoms. The fourth-order valence-electron chi connectivity index (χ4n) is 2.70. The number of nitrogens with zero attached hydrogens (tertiary/aromatic N) is 1. The number of hydrogen-bond donors (Lipinski definition) is 0. The number of halogens is 1. The maximum absolute atomic E-state index is 12.3. The van der Waals surface area contributed by atoms with E-state index >= 15 is 0 Å². The number of amides is 1. The van der Waals surface area contributed by atoms with E-state index in [1.807, 2.05) is 59.5 Å². The van der Waals surface area contributed by atoms with Gasteiger partial charge in [0.05, 0.1) is 0 Å². The van der Waals surface area contributed by atoms with Crippen LogP contribution >= 0.6 is 23.4 Å². The first kappa shape index (κ1) is 17.2. The van der Waals surface area contributed by atoms with Crippen LogP contribution in [0.2, 0.25) is 0 Å². The topological polar surface area (TPSA) is 29.5 Å². The molecule has 0 unspecified atom stereocenters. The second-order valence-electron chi connectivity index (χ2n) is 5.72. The summed E-state index contributed by atoms with van der Waals surface area (Å²) in [6, 6.07) is 18.1. The maximum atomic E-state index is 12.3. The predicted molar refractivity (Wildman–Crippen MR) is 99.4 cm³/mol. The van der Waals surface area contributed by atoms with Gasteiger partial charge in [-0.15, -0.1) is 23.4 Å². The quantitative estimate of drug-likeness (QED) is 0.736. The Labute approximate surface area is 151 Å². The minimum absolute atomic E-state index is 0.0118. The highest BCUT2D eigenvalue weighted by Gasteiger charge is 2.32. The SMILES string of the molecule is C[C@@H](Cl)C(=O)N1CCS[C@H]1c1cccc(OCc2ccccc2)c1. The molecular formula is C19H20ClNO2S. The Balaban J connectivity index is 1.71. The van der Waals surface area contributed by atoms with E-state index in [1.165, 1.54) is 0 Å². The highest BCUT2D eigenvalue weighted by Crippen LogP contribution is 2.39. The number of rotatable bonds is 5. The second kappa shape index (κ2) is 7.95. The summed E-state index contributed by atoms with van der Waals surface area (Å²) in [5.74, 6) is 1.73. The van der Waals surface area contributed by atoms with Crippen molar-refractivity contribution in [1.82, 2.24) is 4.90 Å². The zero-order valence-electron chi connectivity index (χ0n) is 13.5. The zero-order valence-corrected chi connectivity index (χ0v) is 15.1. The van der Waals surface area contributed by atoms with Gasteiger partial charge in [-0.3, -0.25) is 4.79 Å². The Morgan fingerprint density at radius 2 is 2.08 bits per heavy atom. The van der Waals surface area contributed by atoms with Crippen LogP contribution in [0.3, 0.4) is 0 Å². The van der Waals surface area contributed by atoms with Crippen LogP contribution < -0.4 is 4.74 Å². The van der Waals surface area contributed by atoms with Gasteiger partial charge < -0.3 is 9.64 Å². The fourth-order valence-corrected chi connectivity index (χ4v) is 4.08. The molecule has 2 atom stereocenters. The average Bonchev–Trinajstić information content (AvgIpc) is 3.10. The molecule has 0 aromatic heterocycles. The van der Waals surface area contributed by atoms with Gasteiger partial charge in [-0.2, -0.15) is 0 Å². The number of thioether (sulfide) groups is 1. The van der Waals surface area contributed by atoms with E-state index in [-0.39, 0.29) is 11.3 Å². The standard InChI is InChI=1S/C19H20ClNO2S/c1-14(20)18(22)21-10-11-24-19(21)16-8-5-9-17(12-16)23-13-15-6-3-2-4-7-15/h2-9,12,14,19H,10-11,13H2,1H3/t14-,19+/m1/s1. The lowest BCUT2D eigenvalue weighted by Gasteiger charge is -2.25. The summed E-state index contributed by atoms with van der Waals surface area (Å²) in [5, 5.41) is -0.484. The van der Waals surface area contributed by atoms with Crippen LogP contribution in [-0.4, -0.2) is 28.5 Å². The van der Waals surface area contributed by atoms with Crippen LogP contribution in [0, 0.1) is 0 Å². The van der Waals surface area contributed by atoms with E-state index in [2.05, 4.69) is 0 Å². The summed E-state index contributed by atoms with van der Waals surface area (Å²) >= 11 is 7.75. The van der Waals surface area contributed by atoms with Crippen molar-refractivity contribution in [2.24, 2.45) is 0 Å². The maximum Gasteiger partial charge on any atom is 0.241 e. The van der Waals surface area contributed by atoms with Crippen molar-refractivity contribution in [2.45, 2.75) is 24.3 Å². The van der Waals surface area contributed by atoms with Crippen LogP contribution in [0.15, 0.2) is 54.6 Å². The normalized spacial score (nSPS) is 18.4. The molecule has 2 aromatic rings. The summed E-state index contributed by atoms with van der Waals surface area (Å²) in [4.78, 5) is 14.1. The molecule has 0 radical (unpaired) electrons. The van der Waals surface area contributed by atoms with Gasteiger partial charge in [0.1, 0.15) is 23.1 Å². The first-order valence-electron chi connectivity index (χ1n) is 7.98. The van der Waals surface area contributed by atoms with Crippen molar-refractivity contribution < 1.29 is 9.53 Å². The van der Waals surface area contributed by atoms with Crippen LogP contribution in [0.25, 0.3) is 0 Å². The highest BCUT2D eigenvalue weighted by atomic mass is 35.5. The number of hydrogen-bond acceptors (Lipinski definition) is 3. The van der Waals surface area contributed by atoms with Gasteiger partial charge in [0.2, 0.25) is 5.91 Å². The lowest BCUT2D eigenvalue weighted by molar-refractivity contribution is -0.130. The number of alkyl halides is 1. The van der Waals surface area contributed by atoms with Crippen molar-refractivity contribution in [2.75, 3.05) is 12.3 Å². The van der Waals surface area contributed by atoms with Crippen LogP contribution in [0.1, 0.15) is 23.4 Å². The molecule has 1 aliphatic heterocycles. The number of carbonyl (C=O) groups is 1. The summed E-state index contributed by atoms with van der Waals surface area (Å²) in [7, 11) is 0. The molecule has 1 aliphatic rings. The minimum atomic E-state index is -0.497. The Morgan fingerprint density at radius 1 is 1.29 bits per heavy atom. The van der Waals surface area contributed by atoms with Gasteiger partial charge in [0.15, 0.2) is 0 Å². The van der Waals surface area contributed by atoms with Crippen molar-refractivity contribution in [3.05, 3.63) is 65.7 Å². The zero-order chi connectivity index (χ0) is 16.9. The van der Waals surface area contributed by atoms with Crippen molar-refractivity contribution in [1.29, 1.82) is 0 Å². The third-order valence-electron chi connectivity index (χ3n) is 3.91. The molecule has 1 heterocycles. The predicted octanol–water partition coefficient (Wildman–Crippen LogP) is 4.47. The third-order valence-corrected chi connectivity index (χ3v) is 5.35. The van der Waals surface area contributed by atoms with Gasteiger partial charge >= 0.3 is 0 Å². The van der Waals surface area contributed by atoms with Gasteiger partial charge in [-0.25, -0.2) is 0 Å². The van der Waals surface area contributed by atoms with Gasteiger partial charge in [-0.05, 0) is 30.2 Å². The Morgan fingerprint density at radius 3 is 2.83 bits per heavy atom. The lowest BCUT2D eigenvalue weighted by Crippen LogP contribution is -2.35. The molecule has 1 saturated heterocycles. The largest absolute Gasteiger partial charge is 0.489 e. The van der Waals surface area contributed by atoms with E-state index in [0.717, 1.165) is 29.2 Å². The molecular weight excluding hydrogens is 342 g/mol. The third kappa shape index (κ3) is 4.05.